The van der Waals surface area contributed by atoms with Gasteiger partial charge in [-0.1, -0.05) is 66.2 Å². The Morgan fingerprint density at radius 1 is 1.06 bits per heavy atom. The van der Waals surface area contributed by atoms with E-state index in [4.69, 9.17) is 5.73 Å². The van der Waals surface area contributed by atoms with Crippen molar-refractivity contribution in [1.82, 2.24) is 4.90 Å². The second-order valence-electron chi connectivity index (χ2n) is 7.84. The molecule has 0 bridgehead atoms. The Morgan fingerprint density at radius 3 is 2.26 bits per heavy atom. The van der Waals surface area contributed by atoms with Gasteiger partial charge in [0.1, 0.15) is 6.10 Å². The van der Waals surface area contributed by atoms with Gasteiger partial charge in [-0.05, 0) is 30.2 Å². The molecule has 1 aliphatic carbocycles. The molecule has 6 nitrogen and oxygen atoms in total. The lowest BCUT2D eigenvalue weighted by molar-refractivity contribution is -0.133. The smallest absolute Gasteiger partial charge is 0.182 e. The van der Waals surface area contributed by atoms with Crippen molar-refractivity contribution in [3.8, 4) is 0 Å². The molecule has 0 amide bonds. The molecule has 0 radical (unpaired) electrons. The lowest BCUT2D eigenvalue weighted by Crippen LogP contribution is -2.57. The first kappa shape index (κ1) is 22.9. The molecule has 2 aromatic rings. The van der Waals surface area contributed by atoms with Crippen molar-refractivity contribution >= 4 is 5.78 Å². The molecular weight excluding hydrogens is 392 g/mol. The van der Waals surface area contributed by atoms with Gasteiger partial charge in [0, 0.05) is 24.8 Å². The molecule has 0 saturated carbocycles. The number of aliphatic hydroxyl groups is 3. The van der Waals surface area contributed by atoms with Crippen molar-refractivity contribution in [2.75, 3.05) is 26.3 Å². The van der Waals surface area contributed by atoms with Crippen LogP contribution in [0.15, 0.2) is 78.5 Å². The number of nitrogens with two attached hydrogens (primary N) is 1. The van der Waals surface area contributed by atoms with Gasteiger partial charge in [-0.25, -0.2) is 0 Å². The van der Waals surface area contributed by atoms with Gasteiger partial charge >= 0.3 is 0 Å². The number of carbonyl (C=O) groups is 1. The normalized spacial score (nSPS) is 21.7. The van der Waals surface area contributed by atoms with Crippen LogP contribution in [0.25, 0.3) is 0 Å². The van der Waals surface area contributed by atoms with E-state index in [9.17, 15) is 20.1 Å². The summed E-state index contributed by atoms with van der Waals surface area (Å²) in [5, 5.41) is 30.4. The standard InChI is InChI=1S/C25H30N2O4/c1-18-7-9-20(10-8-18)25(24(31)23(30)19-5-3-2-4-6-19)17-21(26)11-12-22(25)27(13-15-28)14-16-29/h2-12,17,22-23,28-30H,13-16,26H2,1H3. The van der Waals surface area contributed by atoms with Crippen LogP contribution in [0, 0.1) is 6.92 Å². The third-order valence-electron chi connectivity index (χ3n) is 5.80. The summed E-state index contributed by atoms with van der Waals surface area (Å²) in [7, 11) is 0. The van der Waals surface area contributed by atoms with Crippen molar-refractivity contribution in [1.29, 1.82) is 0 Å². The van der Waals surface area contributed by atoms with E-state index < -0.39 is 23.3 Å². The molecule has 3 rings (SSSR count). The third-order valence-corrected chi connectivity index (χ3v) is 5.80. The summed E-state index contributed by atoms with van der Waals surface area (Å²) in [6, 6.07) is 15.8. The molecule has 3 unspecified atom stereocenters. The number of aliphatic hydroxyl groups excluding tert-OH is 3. The van der Waals surface area contributed by atoms with Gasteiger partial charge in [0.05, 0.1) is 18.6 Å². The SMILES string of the molecule is Cc1ccc(C2(C(=O)C(O)c3ccccc3)C=C(N)C=CC2N(CCO)CCO)cc1. The maximum atomic E-state index is 14.0. The Labute approximate surface area is 182 Å². The predicted molar refractivity (Wildman–Crippen MR) is 120 cm³/mol. The van der Waals surface area contributed by atoms with Gasteiger partial charge in [-0.3, -0.25) is 9.69 Å². The first-order chi connectivity index (χ1) is 14.9. The molecule has 31 heavy (non-hydrogen) atoms. The largest absolute Gasteiger partial charge is 0.399 e. The molecule has 0 aromatic heterocycles. The average Bonchev–Trinajstić information content (AvgIpc) is 2.79. The van der Waals surface area contributed by atoms with Crippen LogP contribution in [-0.2, 0) is 10.2 Å². The van der Waals surface area contributed by atoms with Crippen LogP contribution >= 0.6 is 0 Å². The van der Waals surface area contributed by atoms with E-state index in [0.717, 1.165) is 5.56 Å². The quantitative estimate of drug-likeness (QED) is 0.489. The summed E-state index contributed by atoms with van der Waals surface area (Å²) in [5.74, 6) is -0.416. The summed E-state index contributed by atoms with van der Waals surface area (Å²) in [5.41, 5.74) is 7.53. The Bertz CT molecular complexity index is 934. The molecule has 0 spiro atoms. The molecule has 0 fully saturated rings. The van der Waals surface area contributed by atoms with Crippen molar-refractivity contribution in [3.05, 3.63) is 95.2 Å². The number of hydrogen-bond donors (Lipinski definition) is 4. The molecule has 0 heterocycles. The maximum Gasteiger partial charge on any atom is 0.182 e. The highest BCUT2D eigenvalue weighted by atomic mass is 16.3. The Morgan fingerprint density at radius 2 is 1.68 bits per heavy atom. The van der Waals surface area contributed by atoms with Crippen LogP contribution in [0.2, 0.25) is 0 Å². The Kier molecular flexibility index (Phi) is 7.41. The van der Waals surface area contributed by atoms with E-state index >= 15 is 0 Å². The van der Waals surface area contributed by atoms with Crippen LogP contribution in [-0.4, -0.2) is 58.3 Å². The minimum atomic E-state index is -1.37. The van der Waals surface area contributed by atoms with Crippen molar-refractivity contribution < 1.29 is 20.1 Å². The van der Waals surface area contributed by atoms with Gasteiger partial charge in [0.25, 0.3) is 0 Å². The van der Waals surface area contributed by atoms with Gasteiger partial charge in [0.2, 0.25) is 0 Å². The van der Waals surface area contributed by atoms with Crippen LogP contribution in [0.5, 0.6) is 0 Å². The summed E-state index contributed by atoms with van der Waals surface area (Å²) in [6.45, 7) is 2.20. The summed E-state index contributed by atoms with van der Waals surface area (Å²) < 4.78 is 0. The van der Waals surface area contributed by atoms with E-state index in [1.165, 1.54) is 0 Å². The van der Waals surface area contributed by atoms with Gasteiger partial charge in [-0.2, -0.15) is 0 Å². The molecule has 164 valence electrons. The first-order valence-corrected chi connectivity index (χ1v) is 10.4. The number of allylic oxidation sites excluding steroid dienone is 1. The molecular formula is C25H30N2O4. The first-order valence-electron chi connectivity index (χ1n) is 10.4. The zero-order valence-corrected chi connectivity index (χ0v) is 17.7. The van der Waals surface area contributed by atoms with Crippen molar-refractivity contribution in [2.45, 2.75) is 24.5 Å². The summed E-state index contributed by atoms with van der Waals surface area (Å²) >= 11 is 0. The zero-order valence-electron chi connectivity index (χ0n) is 17.7. The van der Waals surface area contributed by atoms with Gasteiger partial charge in [-0.15, -0.1) is 0 Å². The number of benzene rings is 2. The highest BCUT2D eigenvalue weighted by Crippen LogP contribution is 2.41. The van der Waals surface area contributed by atoms with E-state index in [1.54, 1.807) is 36.4 Å². The highest BCUT2D eigenvalue weighted by Gasteiger charge is 2.50. The fraction of sp³-hybridized carbons (Fsp3) is 0.320. The van der Waals surface area contributed by atoms with Gasteiger partial charge in [0.15, 0.2) is 5.78 Å². The summed E-state index contributed by atoms with van der Waals surface area (Å²) in [6.07, 6.45) is 3.86. The number of ketones is 1. The number of nitrogens with zero attached hydrogens (tertiary/aromatic N) is 1. The van der Waals surface area contributed by atoms with Crippen LogP contribution in [0.4, 0.5) is 0 Å². The molecule has 6 heteroatoms. The second-order valence-corrected chi connectivity index (χ2v) is 7.84. The van der Waals surface area contributed by atoms with Crippen LogP contribution in [0.1, 0.15) is 22.8 Å². The van der Waals surface area contributed by atoms with Crippen molar-refractivity contribution in [2.24, 2.45) is 5.73 Å². The van der Waals surface area contributed by atoms with E-state index in [2.05, 4.69) is 0 Å². The molecule has 0 aliphatic heterocycles. The predicted octanol–water partition coefficient (Wildman–Crippen LogP) is 1.60. The molecule has 0 saturated heterocycles. The third kappa shape index (κ3) is 4.62. The fourth-order valence-electron chi connectivity index (χ4n) is 4.26. The summed E-state index contributed by atoms with van der Waals surface area (Å²) in [4.78, 5) is 15.9. The lowest BCUT2D eigenvalue weighted by atomic mass is 9.65. The minimum Gasteiger partial charge on any atom is -0.399 e. The van der Waals surface area contributed by atoms with E-state index in [1.807, 2.05) is 48.2 Å². The monoisotopic (exact) mass is 422 g/mol. The topological polar surface area (TPSA) is 107 Å². The average molecular weight is 423 g/mol. The van der Waals surface area contributed by atoms with E-state index in [0.29, 0.717) is 16.8 Å². The maximum absolute atomic E-state index is 14.0. The number of rotatable bonds is 9. The van der Waals surface area contributed by atoms with Crippen LogP contribution in [0.3, 0.4) is 0 Å². The minimum absolute atomic E-state index is 0.136. The van der Waals surface area contributed by atoms with E-state index in [-0.39, 0.29) is 26.3 Å². The number of hydrogen-bond acceptors (Lipinski definition) is 6. The lowest BCUT2D eigenvalue weighted by Gasteiger charge is -2.45. The van der Waals surface area contributed by atoms with Gasteiger partial charge < -0.3 is 21.1 Å². The molecule has 2 aromatic carbocycles. The fourth-order valence-corrected chi connectivity index (χ4v) is 4.26. The highest BCUT2D eigenvalue weighted by molar-refractivity contribution is 5.98. The Balaban J connectivity index is 2.20. The van der Waals surface area contributed by atoms with Crippen molar-refractivity contribution in [3.63, 3.8) is 0 Å². The number of carbonyl (C=O) groups excluding carboxylic acids is 1. The molecule has 5 N–H and O–H groups in total. The Hall–Kier alpha value is -2.77. The zero-order chi connectivity index (χ0) is 22.4. The number of Topliss-reactive ketones (excluding diaryl/α,β-unsaturated/α-hetero) is 1. The van der Waals surface area contributed by atoms with Crippen LogP contribution < -0.4 is 5.73 Å². The second kappa shape index (κ2) is 10.0. The molecule has 1 aliphatic rings. The number of aryl methyl sites for hydroxylation is 1. The molecule has 3 atom stereocenters.